The van der Waals surface area contributed by atoms with Gasteiger partial charge in [-0.3, -0.25) is 9.59 Å². The molecule has 1 atom stereocenters. The fraction of sp³-hybridized carbons (Fsp3) is 0.583. The van der Waals surface area contributed by atoms with Crippen LogP contribution in [0.4, 0.5) is 5.82 Å². The maximum atomic E-state index is 11.7. The van der Waals surface area contributed by atoms with E-state index in [2.05, 4.69) is 5.10 Å². The Kier molecular flexibility index (Phi) is 3.36. The lowest BCUT2D eigenvalue weighted by atomic mass is 10.2. The third kappa shape index (κ3) is 2.37. The van der Waals surface area contributed by atoms with Crippen LogP contribution in [-0.2, 0) is 11.3 Å². The van der Waals surface area contributed by atoms with Gasteiger partial charge in [-0.15, -0.1) is 0 Å². The van der Waals surface area contributed by atoms with Gasteiger partial charge in [-0.1, -0.05) is 0 Å². The fourth-order valence-electron chi connectivity index (χ4n) is 2.08. The molecule has 0 bridgehead atoms. The molecule has 1 aromatic rings. The lowest BCUT2D eigenvalue weighted by Crippen LogP contribution is -2.36. The molecule has 6 nitrogen and oxygen atoms in total. The van der Waals surface area contributed by atoms with E-state index in [0.29, 0.717) is 13.0 Å². The summed E-state index contributed by atoms with van der Waals surface area (Å²) in [6.45, 7) is 0.461. The number of likely N-dealkylation sites (tertiary alicyclic amines) is 1. The Balaban J connectivity index is 2.21. The first-order valence-corrected chi connectivity index (χ1v) is 6.00. The lowest BCUT2D eigenvalue weighted by Gasteiger charge is -2.21. The molecule has 6 heteroatoms. The summed E-state index contributed by atoms with van der Waals surface area (Å²) in [4.78, 5) is 26.7. The quantitative estimate of drug-likeness (QED) is 0.753. The van der Waals surface area contributed by atoms with Crippen molar-refractivity contribution in [2.45, 2.75) is 25.4 Å². The highest BCUT2D eigenvalue weighted by molar-refractivity contribution is 5.78. The van der Waals surface area contributed by atoms with E-state index in [1.807, 2.05) is 19.0 Å². The zero-order valence-corrected chi connectivity index (χ0v) is 11.0. The van der Waals surface area contributed by atoms with E-state index in [-0.39, 0.29) is 17.5 Å². The molecule has 98 valence electrons. The van der Waals surface area contributed by atoms with E-state index in [4.69, 9.17) is 0 Å². The monoisotopic (exact) mass is 250 g/mol. The van der Waals surface area contributed by atoms with Crippen LogP contribution in [0.15, 0.2) is 16.9 Å². The summed E-state index contributed by atoms with van der Waals surface area (Å²) >= 11 is 0. The van der Waals surface area contributed by atoms with Crippen molar-refractivity contribution >= 4 is 11.7 Å². The molecule has 1 aliphatic heterocycles. The highest BCUT2D eigenvalue weighted by atomic mass is 16.2. The van der Waals surface area contributed by atoms with Gasteiger partial charge in [-0.05, 0) is 12.5 Å². The van der Waals surface area contributed by atoms with Crippen molar-refractivity contribution in [3.05, 3.63) is 22.5 Å². The van der Waals surface area contributed by atoms with Crippen LogP contribution in [0.2, 0.25) is 0 Å². The van der Waals surface area contributed by atoms with Crippen LogP contribution in [0.5, 0.6) is 0 Å². The minimum absolute atomic E-state index is 0.0695. The predicted octanol–water partition coefficient (Wildman–Crippen LogP) is -0.0699. The fourth-order valence-corrected chi connectivity index (χ4v) is 2.08. The van der Waals surface area contributed by atoms with Gasteiger partial charge < -0.3 is 9.80 Å². The average molecular weight is 250 g/mol. The molecule has 1 amide bonds. The van der Waals surface area contributed by atoms with E-state index in [0.717, 1.165) is 12.2 Å². The predicted molar refractivity (Wildman–Crippen MR) is 68.6 cm³/mol. The lowest BCUT2D eigenvalue weighted by molar-refractivity contribution is -0.127. The summed E-state index contributed by atoms with van der Waals surface area (Å²) in [5.41, 5.74) is -0.131. The van der Waals surface area contributed by atoms with Crippen molar-refractivity contribution in [3.63, 3.8) is 0 Å². The second-order valence-electron chi connectivity index (χ2n) is 4.80. The molecule has 2 rings (SSSR count). The summed E-state index contributed by atoms with van der Waals surface area (Å²) in [6, 6.07) is 3.28. The Hall–Kier alpha value is -1.85. The number of hydrogen-bond acceptors (Lipinski definition) is 4. The normalized spacial score (nSPS) is 19.4. The highest BCUT2D eigenvalue weighted by Gasteiger charge is 2.28. The number of rotatable bonds is 3. The minimum Gasteiger partial charge on any atom is -0.361 e. The Morgan fingerprint density at radius 3 is 2.67 bits per heavy atom. The molecule has 0 N–H and O–H groups in total. The molecular formula is C12H18N4O2. The van der Waals surface area contributed by atoms with Gasteiger partial charge in [0.1, 0.15) is 5.82 Å². The van der Waals surface area contributed by atoms with E-state index in [1.165, 1.54) is 10.7 Å². The third-order valence-corrected chi connectivity index (χ3v) is 3.33. The molecule has 0 spiro atoms. The minimum atomic E-state index is -0.131. The second-order valence-corrected chi connectivity index (χ2v) is 4.80. The molecular weight excluding hydrogens is 232 g/mol. The second kappa shape index (κ2) is 4.80. The largest absolute Gasteiger partial charge is 0.361 e. The summed E-state index contributed by atoms with van der Waals surface area (Å²) < 4.78 is 1.44. The molecule has 1 saturated heterocycles. The molecule has 1 aromatic heterocycles. The van der Waals surface area contributed by atoms with Crippen molar-refractivity contribution in [3.8, 4) is 0 Å². The molecule has 1 fully saturated rings. The molecule has 18 heavy (non-hydrogen) atoms. The Labute approximate surface area is 106 Å². The van der Waals surface area contributed by atoms with Gasteiger partial charge >= 0.3 is 0 Å². The van der Waals surface area contributed by atoms with Gasteiger partial charge in [0, 0.05) is 33.6 Å². The van der Waals surface area contributed by atoms with E-state index >= 15 is 0 Å². The molecule has 0 radical (unpaired) electrons. The van der Waals surface area contributed by atoms with Crippen molar-refractivity contribution in [2.75, 3.05) is 26.0 Å². The first kappa shape index (κ1) is 12.6. The number of amides is 1. The number of aromatic nitrogens is 2. The summed E-state index contributed by atoms with van der Waals surface area (Å²) in [6.07, 6.45) is 1.35. The van der Waals surface area contributed by atoms with Gasteiger partial charge in [-0.25, -0.2) is 4.68 Å². The van der Waals surface area contributed by atoms with Crippen molar-refractivity contribution in [2.24, 2.45) is 0 Å². The van der Waals surface area contributed by atoms with Gasteiger partial charge in [0.2, 0.25) is 5.91 Å². The number of nitrogens with zero attached hydrogens (tertiary/aromatic N) is 4. The summed E-state index contributed by atoms with van der Waals surface area (Å²) in [5, 5.41) is 4.29. The third-order valence-electron chi connectivity index (χ3n) is 3.33. The first-order chi connectivity index (χ1) is 8.49. The van der Waals surface area contributed by atoms with Crippen LogP contribution in [-0.4, -0.2) is 47.8 Å². The standard InChI is InChI=1S/C12H18N4O2/c1-14(2)10-5-7-12(18)16(13-10)8-9-4-6-11(17)15(9)3/h5,7,9H,4,6,8H2,1-3H3. The van der Waals surface area contributed by atoms with Gasteiger partial charge in [-0.2, -0.15) is 5.10 Å². The number of carbonyl (C=O) groups is 1. The Bertz CT molecular complexity index is 509. The van der Waals surface area contributed by atoms with Gasteiger partial charge in [0.15, 0.2) is 0 Å². The molecule has 1 unspecified atom stereocenters. The van der Waals surface area contributed by atoms with Crippen LogP contribution in [0.1, 0.15) is 12.8 Å². The Morgan fingerprint density at radius 2 is 2.11 bits per heavy atom. The maximum absolute atomic E-state index is 11.7. The Morgan fingerprint density at radius 1 is 1.39 bits per heavy atom. The van der Waals surface area contributed by atoms with Crippen molar-refractivity contribution in [1.82, 2.24) is 14.7 Å². The van der Waals surface area contributed by atoms with Gasteiger partial charge in [0.05, 0.1) is 12.6 Å². The van der Waals surface area contributed by atoms with Crippen molar-refractivity contribution in [1.29, 1.82) is 0 Å². The van der Waals surface area contributed by atoms with Crippen LogP contribution >= 0.6 is 0 Å². The first-order valence-electron chi connectivity index (χ1n) is 6.00. The zero-order chi connectivity index (χ0) is 13.3. The molecule has 0 aliphatic carbocycles. The number of carbonyl (C=O) groups excluding carboxylic acids is 1. The van der Waals surface area contributed by atoms with Crippen LogP contribution < -0.4 is 10.5 Å². The van der Waals surface area contributed by atoms with Crippen LogP contribution in [0, 0.1) is 0 Å². The average Bonchev–Trinajstić information content (AvgIpc) is 2.63. The number of likely N-dealkylation sites (N-methyl/N-ethyl adjacent to an activating group) is 1. The van der Waals surface area contributed by atoms with Crippen LogP contribution in [0.25, 0.3) is 0 Å². The zero-order valence-electron chi connectivity index (χ0n) is 11.0. The topological polar surface area (TPSA) is 58.4 Å². The van der Waals surface area contributed by atoms with Crippen molar-refractivity contribution < 1.29 is 4.79 Å². The molecule has 0 aromatic carbocycles. The maximum Gasteiger partial charge on any atom is 0.266 e. The number of hydrogen-bond donors (Lipinski definition) is 0. The molecule has 1 aliphatic rings. The molecule has 2 heterocycles. The smallest absolute Gasteiger partial charge is 0.266 e. The molecule has 0 saturated carbocycles. The van der Waals surface area contributed by atoms with E-state index < -0.39 is 0 Å². The SMILES string of the molecule is CN(C)c1ccc(=O)n(CC2CCC(=O)N2C)n1. The van der Waals surface area contributed by atoms with Gasteiger partial charge in [0.25, 0.3) is 5.56 Å². The summed E-state index contributed by atoms with van der Waals surface area (Å²) in [5.74, 6) is 0.874. The summed E-state index contributed by atoms with van der Waals surface area (Å²) in [7, 11) is 5.53. The van der Waals surface area contributed by atoms with E-state index in [1.54, 1.807) is 18.0 Å². The van der Waals surface area contributed by atoms with E-state index in [9.17, 15) is 9.59 Å². The number of anilines is 1. The van der Waals surface area contributed by atoms with Crippen LogP contribution in [0.3, 0.4) is 0 Å². The highest BCUT2D eigenvalue weighted by Crippen LogP contribution is 2.17.